The Labute approximate surface area is 194 Å². The second-order valence-corrected chi connectivity index (χ2v) is 8.14. The Morgan fingerprint density at radius 1 is 1.15 bits per heavy atom. The van der Waals surface area contributed by atoms with Gasteiger partial charge in [0, 0.05) is 25.9 Å². The molecule has 0 aliphatic carbocycles. The van der Waals surface area contributed by atoms with Gasteiger partial charge >= 0.3 is 0 Å². The molecule has 1 amide bonds. The maximum atomic E-state index is 13.1. The maximum Gasteiger partial charge on any atom is 0.262 e. The van der Waals surface area contributed by atoms with Crippen molar-refractivity contribution in [3.05, 3.63) is 65.0 Å². The summed E-state index contributed by atoms with van der Waals surface area (Å²) in [4.78, 5) is 27.5. The third-order valence-corrected chi connectivity index (χ3v) is 6.04. The Bertz CT molecular complexity index is 1380. The van der Waals surface area contributed by atoms with Crippen molar-refractivity contribution in [2.24, 2.45) is 0 Å². The van der Waals surface area contributed by atoms with E-state index >= 15 is 0 Å². The van der Waals surface area contributed by atoms with Crippen LogP contribution in [0.2, 0.25) is 0 Å². The highest BCUT2D eigenvalue weighted by molar-refractivity contribution is 7.99. The first-order chi connectivity index (χ1) is 16.2. The molecular weight excluding hydrogens is 440 g/mol. The Kier molecular flexibility index (Phi) is 7.02. The molecule has 2 aromatic heterocycles. The summed E-state index contributed by atoms with van der Waals surface area (Å²) >= 11 is 1.22. The predicted molar refractivity (Wildman–Crippen MR) is 126 cm³/mol. The zero-order valence-electron chi connectivity index (χ0n) is 18.0. The van der Waals surface area contributed by atoms with Crippen molar-refractivity contribution in [2.75, 3.05) is 30.9 Å². The Morgan fingerprint density at radius 3 is 2.67 bits per heavy atom. The standard InChI is InChI=1S/C23H22N6O3S/c1-32-15-7-13-28-21(31)18-10-5-6-11-19(18)29-22(28)25-26-23(29)33-16-20(30)27(14-12-24)17-8-3-2-4-9-17/h2-6,8-11H,7,13-16H2,1H3. The first-order valence-electron chi connectivity index (χ1n) is 10.4. The lowest BCUT2D eigenvalue weighted by Crippen LogP contribution is -2.32. The molecule has 2 aromatic carbocycles. The van der Waals surface area contributed by atoms with Gasteiger partial charge in [0.1, 0.15) is 6.54 Å². The van der Waals surface area contributed by atoms with E-state index in [1.165, 1.54) is 16.7 Å². The van der Waals surface area contributed by atoms with Gasteiger partial charge in [-0.15, -0.1) is 10.2 Å². The molecule has 168 valence electrons. The van der Waals surface area contributed by atoms with Gasteiger partial charge in [-0.25, -0.2) is 0 Å². The fraction of sp³-hybridized carbons (Fsp3) is 0.261. The van der Waals surface area contributed by atoms with Gasteiger partial charge in [-0.05, 0) is 30.7 Å². The molecule has 0 fully saturated rings. The molecule has 0 atom stereocenters. The topological polar surface area (TPSA) is 106 Å². The van der Waals surface area contributed by atoms with Gasteiger partial charge in [-0.3, -0.25) is 23.5 Å². The number of fused-ring (bicyclic) bond motifs is 3. The number of amides is 1. The summed E-state index contributed by atoms with van der Waals surface area (Å²) in [7, 11) is 1.62. The normalized spacial score (nSPS) is 11.0. The monoisotopic (exact) mass is 462 g/mol. The fourth-order valence-electron chi connectivity index (χ4n) is 3.60. The van der Waals surface area contributed by atoms with E-state index < -0.39 is 0 Å². The summed E-state index contributed by atoms with van der Waals surface area (Å²) in [5.41, 5.74) is 1.20. The quantitative estimate of drug-likeness (QED) is 0.214. The number of aromatic nitrogens is 4. The van der Waals surface area contributed by atoms with E-state index in [1.807, 2.05) is 42.5 Å². The number of hydrogen-bond acceptors (Lipinski definition) is 7. The Hall–Kier alpha value is -3.68. The van der Waals surface area contributed by atoms with Gasteiger partial charge < -0.3 is 4.74 Å². The molecule has 0 saturated carbocycles. The number of rotatable bonds is 9. The summed E-state index contributed by atoms with van der Waals surface area (Å²) in [5, 5.41) is 18.8. The zero-order valence-corrected chi connectivity index (χ0v) is 18.9. The molecule has 0 aliphatic heterocycles. The van der Waals surface area contributed by atoms with Crippen LogP contribution in [0.5, 0.6) is 0 Å². The molecule has 10 heteroatoms. The van der Waals surface area contributed by atoms with Crippen LogP contribution in [0.1, 0.15) is 6.42 Å². The Morgan fingerprint density at radius 2 is 1.91 bits per heavy atom. The smallest absolute Gasteiger partial charge is 0.262 e. The lowest BCUT2D eigenvalue weighted by molar-refractivity contribution is -0.116. The van der Waals surface area contributed by atoms with Crippen LogP contribution in [0.15, 0.2) is 64.5 Å². The number of nitrogens with zero attached hydrogens (tertiary/aromatic N) is 6. The predicted octanol–water partition coefficient (Wildman–Crippen LogP) is 2.73. The average Bonchev–Trinajstić information content (AvgIpc) is 3.27. The highest BCUT2D eigenvalue weighted by Gasteiger charge is 2.20. The highest BCUT2D eigenvalue weighted by atomic mass is 32.2. The van der Waals surface area contributed by atoms with Gasteiger partial charge in [0.05, 0.1) is 22.7 Å². The van der Waals surface area contributed by atoms with Crippen molar-refractivity contribution >= 4 is 40.0 Å². The van der Waals surface area contributed by atoms with Gasteiger partial charge in [0.15, 0.2) is 5.16 Å². The number of thioether (sulfide) groups is 1. The van der Waals surface area contributed by atoms with E-state index in [2.05, 4.69) is 10.2 Å². The first-order valence-corrected chi connectivity index (χ1v) is 11.3. The number of methoxy groups -OCH3 is 1. The number of carbonyl (C=O) groups is 1. The van der Waals surface area contributed by atoms with Crippen LogP contribution in [0, 0.1) is 11.3 Å². The first kappa shape index (κ1) is 22.5. The van der Waals surface area contributed by atoms with Crippen molar-refractivity contribution in [3.8, 4) is 6.07 Å². The minimum absolute atomic E-state index is 0.0496. The van der Waals surface area contributed by atoms with Crippen molar-refractivity contribution in [3.63, 3.8) is 0 Å². The molecule has 4 rings (SSSR count). The molecule has 2 heterocycles. The molecule has 0 spiro atoms. The molecule has 0 aliphatic rings. The van der Waals surface area contributed by atoms with Gasteiger partial charge in [-0.2, -0.15) is 5.26 Å². The maximum absolute atomic E-state index is 13.1. The summed E-state index contributed by atoms with van der Waals surface area (Å²) in [6, 6.07) is 18.4. The second-order valence-electron chi connectivity index (χ2n) is 7.20. The number of para-hydroxylation sites is 2. The lowest BCUT2D eigenvalue weighted by atomic mass is 10.2. The van der Waals surface area contributed by atoms with Crippen LogP contribution in [0.25, 0.3) is 16.7 Å². The van der Waals surface area contributed by atoms with Crippen molar-refractivity contribution in [1.29, 1.82) is 5.26 Å². The largest absolute Gasteiger partial charge is 0.385 e. The molecule has 0 saturated heterocycles. The number of ether oxygens (including phenoxy) is 1. The summed E-state index contributed by atoms with van der Waals surface area (Å²) in [5.74, 6) is 0.262. The number of anilines is 1. The van der Waals surface area contributed by atoms with Gasteiger partial charge in [0.25, 0.3) is 5.56 Å². The van der Waals surface area contributed by atoms with Crippen molar-refractivity contribution in [2.45, 2.75) is 18.1 Å². The van der Waals surface area contributed by atoms with E-state index in [0.717, 1.165) is 0 Å². The number of carbonyl (C=O) groups excluding carboxylic acids is 1. The molecule has 9 nitrogen and oxygen atoms in total. The van der Waals surface area contributed by atoms with Crippen molar-refractivity contribution in [1.82, 2.24) is 19.2 Å². The molecule has 4 aromatic rings. The van der Waals surface area contributed by atoms with Crippen LogP contribution in [-0.2, 0) is 16.1 Å². The van der Waals surface area contributed by atoms with Gasteiger partial charge in [-0.1, -0.05) is 42.1 Å². The molecule has 0 N–H and O–H groups in total. The van der Waals surface area contributed by atoms with E-state index in [9.17, 15) is 14.9 Å². The van der Waals surface area contributed by atoms with Crippen LogP contribution in [0.4, 0.5) is 5.69 Å². The summed E-state index contributed by atoms with van der Waals surface area (Å²) in [6.07, 6.45) is 0.651. The minimum atomic E-state index is -0.220. The zero-order chi connectivity index (χ0) is 23.2. The van der Waals surface area contributed by atoms with Crippen molar-refractivity contribution < 1.29 is 9.53 Å². The summed E-state index contributed by atoms with van der Waals surface area (Å²) < 4.78 is 8.52. The van der Waals surface area contributed by atoms with Crippen LogP contribution >= 0.6 is 11.8 Å². The number of nitriles is 1. The minimum Gasteiger partial charge on any atom is -0.385 e. The van der Waals surface area contributed by atoms with Crippen LogP contribution in [-0.4, -0.2) is 51.1 Å². The molecular formula is C23H22N6O3S. The van der Waals surface area contributed by atoms with Crippen LogP contribution < -0.4 is 10.5 Å². The second kappa shape index (κ2) is 10.3. The number of aryl methyl sites for hydroxylation is 1. The molecule has 33 heavy (non-hydrogen) atoms. The van der Waals surface area contributed by atoms with E-state index in [0.29, 0.717) is 47.1 Å². The Balaban J connectivity index is 1.68. The third-order valence-electron chi connectivity index (χ3n) is 5.13. The van der Waals surface area contributed by atoms with E-state index in [1.54, 1.807) is 34.3 Å². The average molecular weight is 463 g/mol. The molecule has 0 unspecified atom stereocenters. The SMILES string of the molecule is COCCCn1c(=O)c2ccccc2n2c(SCC(=O)N(CC#N)c3ccccc3)nnc12. The van der Waals surface area contributed by atoms with E-state index in [-0.39, 0.29) is 23.8 Å². The molecule has 0 radical (unpaired) electrons. The highest BCUT2D eigenvalue weighted by Crippen LogP contribution is 2.23. The van der Waals surface area contributed by atoms with Gasteiger partial charge in [0.2, 0.25) is 11.7 Å². The number of hydrogen-bond donors (Lipinski definition) is 0. The molecule has 0 bridgehead atoms. The number of benzene rings is 2. The fourth-order valence-corrected chi connectivity index (χ4v) is 4.42. The van der Waals surface area contributed by atoms with Crippen LogP contribution in [0.3, 0.4) is 0 Å². The third kappa shape index (κ3) is 4.60. The van der Waals surface area contributed by atoms with E-state index in [4.69, 9.17) is 4.74 Å². The summed E-state index contributed by atoms with van der Waals surface area (Å²) in [6.45, 7) is 0.905. The lowest BCUT2D eigenvalue weighted by Gasteiger charge is -2.19.